The molecule has 0 saturated heterocycles. The fraction of sp³-hybridized carbons (Fsp3) is 0.333. The van der Waals surface area contributed by atoms with Crippen LogP contribution in [-0.4, -0.2) is 13.7 Å². The minimum absolute atomic E-state index is 0.809. The van der Waals surface area contributed by atoms with Crippen molar-refractivity contribution in [1.82, 2.24) is 5.32 Å². The van der Waals surface area contributed by atoms with Crippen molar-refractivity contribution in [3.8, 4) is 0 Å². The van der Waals surface area contributed by atoms with Crippen molar-refractivity contribution < 1.29 is 0 Å². The molecule has 0 aliphatic carbocycles. The molecule has 1 aromatic rings. The third kappa shape index (κ3) is 2.60. The van der Waals surface area contributed by atoms with Gasteiger partial charge in [0.15, 0.2) is 0 Å². The summed E-state index contributed by atoms with van der Waals surface area (Å²) in [4.78, 5) is 0. The first kappa shape index (κ1) is 8.08. The quantitative estimate of drug-likeness (QED) is 0.639. The first-order chi connectivity index (χ1) is 5.33. The number of rotatable bonds is 3. The molecule has 2 N–H and O–H groups in total. The third-order valence-corrected chi connectivity index (χ3v) is 1.49. The van der Waals surface area contributed by atoms with Gasteiger partial charge in [-0.1, -0.05) is 12.1 Å². The molecule has 1 aromatic carbocycles. The van der Waals surface area contributed by atoms with E-state index in [1.54, 1.807) is 0 Å². The number of hydrogen-bond donors (Lipinski definition) is 2. The third-order valence-electron chi connectivity index (χ3n) is 1.49. The van der Waals surface area contributed by atoms with Crippen LogP contribution in [-0.2, 0) is 0 Å². The lowest BCUT2D eigenvalue weighted by atomic mass is 10.2. The van der Waals surface area contributed by atoms with Gasteiger partial charge in [-0.2, -0.15) is 0 Å². The van der Waals surface area contributed by atoms with E-state index in [9.17, 15) is 0 Å². The zero-order chi connectivity index (χ0) is 8.10. The van der Waals surface area contributed by atoms with Crippen LogP contribution in [0.1, 0.15) is 5.56 Å². The lowest BCUT2D eigenvalue weighted by molar-refractivity contribution is 0.874. The molecule has 2 heteroatoms. The van der Waals surface area contributed by atoms with Gasteiger partial charge in [-0.05, 0) is 31.7 Å². The molecule has 2 nitrogen and oxygen atoms in total. The Morgan fingerprint density at radius 3 is 2.82 bits per heavy atom. The van der Waals surface area contributed by atoms with Crippen LogP contribution in [0, 0.1) is 6.92 Å². The van der Waals surface area contributed by atoms with E-state index in [1.807, 2.05) is 13.1 Å². The Bertz CT molecular complexity index is 221. The van der Waals surface area contributed by atoms with Crippen LogP contribution in [0.15, 0.2) is 24.3 Å². The van der Waals surface area contributed by atoms with E-state index >= 15 is 0 Å². The minimum atomic E-state index is 0.809. The molecule has 0 radical (unpaired) electrons. The van der Waals surface area contributed by atoms with Crippen LogP contribution in [0.4, 0.5) is 5.69 Å². The van der Waals surface area contributed by atoms with Gasteiger partial charge in [-0.25, -0.2) is 0 Å². The summed E-state index contributed by atoms with van der Waals surface area (Å²) in [5.41, 5.74) is 2.45. The topological polar surface area (TPSA) is 24.1 Å². The molecule has 0 saturated carbocycles. The first-order valence-corrected chi connectivity index (χ1v) is 3.78. The van der Waals surface area contributed by atoms with Crippen molar-refractivity contribution in [2.45, 2.75) is 6.92 Å². The molecule has 0 heterocycles. The largest absolute Gasteiger partial charge is 0.372 e. The molecule has 1 rings (SSSR count). The van der Waals surface area contributed by atoms with Gasteiger partial charge < -0.3 is 10.6 Å². The highest BCUT2D eigenvalue weighted by molar-refractivity contribution is 5.45. The number of hydrogen-bond acceptors (Lipinski definition) is 2. The Balaban J connectivity index is 2.56. The Morgan fingerprint density at radius 1 is 1.36 bits per heavy atom. The molecule has 0 amide bonds. The fourth-order valence-corrected chi connectivity index (χ4v) is 0.945. The van der Waals surface area contributed by atoms with Crippen LogP contribution in [0.3, 0.4) is 0 Å². The standard InChI is InChI=1S/C9H14N2/c1-8-4-3-5-9(6-8)11-7-10-2/h3-6,10-11H,7H2,1-2H3. The second-order valence-electron chi connectivity index (χ2n) is 2.58. The molecule has 0 aliphatic rings. The molecule has 0 aliphatic heterocycles. The maximum atomic E-state index is 3.22. The SMILES string of the molecule is CNCNc1cccc(C)c1. The number of nitrogens with one attached hydrogen (secondary N) is 2. The Hall–Kier alpha value is -1.02. The summed E-state index contributed by atoms with van der Waals surface area (Å²) in [7, 11) is 1.92. The highest BCUT2D eigenvalue weighted by Gasteiger charge is 1.88. The highest BCUT2D eigenvalue weighted by atomic mass is 15.0. The van der Waals surface area contributed by atoms with E-state index in [-0.39, 0.29) is 0 Å². The lowest BCUT2D eigenvalue weighted by Crippen LogP contribution is -2.16. The molecular formula is C9H14N2. The highest BCUT2D eigenvalue weighted by Crippen LogP contribution is 2.07. The number of anilines is 1. The van der Waals surface area contributed by atoms with Crippen molar-refractivity contribution in [3.63, 3.8) is 0 Å². The Morgan fingerprint density at radius 2 is 2.18 bits per heavy atom. The monoisotopic (exact) mass is 150 g/mol. The van der Waals surface area contributed by atoms with E-state index in [0.29, 0.717) is 0 Å². The van der Waals surface area contributed by atoms with Crippen molar-refractivity contribution in [2.75, 3.05) is 19.0 Å². The summed E-state index contributed by atoms with van der Waals surface area (Å²) in [5.74, 6) is 0. The fourth-order valence-electron chi connectivity index (χ4n) is 0.945. The normalized spacial score (nSPS) is 9.64. The molecule has 0 atom stereocenters. The van der Waals surface area contributed by atoms with Crippen molar-refractivity contribution in [2.24, 2.45) is 0 Å². The van der Waals surface area contributed by atoms with E-state index < -0.39 is 0 Å². The Labute approximate surface area is 67.6 Å². The van der Waals surface area contributed by atoms with Gasteiger partial charge in [0.05, 0.1) is 6.67 Å². The molecule has 11 heavy (non-hydrogen) atoms. The van der Waals surface area contributed by atoms with Crippen LogP contribution in [0.5, 0.6) is 0 Å². The molecule has 0 bridgehead atoms. The van der Waals surface area contributed by atoms with Gasteiger partial charge in [0.2, 0.25) is 0 Å². The van der Waals surface area contributed by atoms with Crippen molar-refractivity contribution >= 4 is 5.69 Å². The lowest BCUT2D eigenvalue weighted by Gasteiger charge is -2.04. The van der Waals surface area contributed by atoms with Crippen LogP contribution in [0.25, 0.3) is 0 Å². The van der Waals surface area contributed by atoms with Gasteiger partial charge in [0, 0.05) is 5.69 Å². The van der Waals surface area contributed by atoms with Crippen molar-refractivity contribution in [1.29, 1.82) is 0 Å². The van der Waals surface area contributed by atoms with Gasteiger partial charge in [-0.3, -0.25) is 0 Å². The van der Waals surface area contributed by atoms with Crippen LogP contribution >= 0.6 is 0 Å². The van der Waals surface area contributed by atoms with Crippen LogP contribution in [0.2, 0.25) is 0 Å². The summed E-state index contributed by atoms with van der Waals surface area (Å²) >= 11 is 0. The van der Waals surface area contributed by atoms with E-state index in [4.69, 9.17) is 0 Å². The zero-order valence-corrected chi connectivity index (χ0v) is 7.02. The smallest absolute Gasteiger partial charge is 0.0650 e. The van der Waals surface area contributed by atoms with E-state index in [0.717, 1.165) is 6.67 Å². The molecule has 0 spiro atoms. The predicted molar refractivity (Wildman–Crippen MR) is 48.7 cm³/mol. The summed E-state index contributed by atoms with van der Waals surface area (Å²) in [6, 6.07) is 8.32. The van der Waals surface area contributed by atoms with Gasteiger partial charge in [-0.15, -0.1) is 0 Å². The maximum absolute atomic E-state index is 3.22. The predicted octanol–water partition coefficient (Wildman–Crippen LogP) is 1.58. The molecule has 0 fully saturated rings. The average molecular weight is 150 g/mol. The molecule has 0 aromatic heterocycles. The van der Waals surface area contributed by atoms with Gasteiger partial charge >= 0.3 is 0 Å². The summed E-state index contributed by atoms with van der Waals surface area (Å²) in [5, 5.41) is 6.25. The first-order valence-electron chi connectivity index (χ1n) is 3.78. The minimum Gasteiger partial charge on any atom is -0.372 e. The zero-order valence-electron chi connectivity index (χ0n) is 7.02. The van der Waals surface area contributed by atoms with E-state index in [2.05, 4.69) is 35.8 Å². The molecular weight excluding hydrogens is 136 g/mol. The molecule has 0 unspecified atom stereocenters. The summed E-state index contributed by atoms with van der Waals surface area (Å²) < 4.78 is 0. The van der Waals surface area contributed by atoms with Gasteiger partial charge in [0.25, 0.3) is 0 Å². The van der Waals surface area contributed by atoms with Crippen LogP contribution < -0.4 is 10.6 Å². The number of aryl methyl sites for hydroxylation is 1. The van der Waals surface area contributed by atoms with Crippen molar-refractivity contribution in [3.05, 3.63) is 29.8 Å². The Kier molecular flexibility index (Phi) is 2.93. The number of benzene rings is 1. The van der Waals surface area contributed by atoms with Gasteiger partial charge in [0.1, 0.15) is 0 Å². The second kappa shape index (κ2) is 3.98. The summed E-state index contributed by atoms with van der Waals surface area (Å²) in [6.45, 7) is 2.90. The second-order valence-corrected chi connectivity index (χ2v) is 2.58. The summed E-state index contributed by atoms with van der Waals surface area (Å²) in [6.07, 6.45) is 0. The van der Waals surface area contributed by atoms with E-state index in [1.165, 1.54) is 11.3 Å². The average Bonchev–Trinajstić information content (AvgIpc) is 2.01. The molecule has 60 valence electrons. The maximum Gasteiger partial charge on any atom is 0.0650 e.